The molecule has 101 valence electrons. The number of rotatable bonds is 7. The largest absolute Gasteiger partial charge is 0.397 e. The maximum atomic E-state index is 6.13. The maximum Gasteiger partial charge on any atom is 0.384 e. The lowest BCUT2D eigenvalue weighted by molar-refractivity contribution is 0.277. The molecule has 0 unspecified atom stereocenters. The van der Waals surface area contributed by atoms with Crippen molar-refractivity contribution in [2.75, 3.05) is 14.2 Å². The zero-order valence-electron chi connectivity index (χ0n) is 11.4. The second-order valence-corrected chi connectivity index (χ2v) is 6.39. The van der Waals surface area contributed by atoms with Crippen molar-refractivity contribution in [1.82, 2.24) is 0 Å². The van der Waals surface area contributed by atoms with Crippen molar-refractivity contribution in [3.63, 3.8) is 0 Å². The summed E-state index contributed by atoms with van der Waals surface area (Å²) in [6, 6.07) is 8.95. The summed E-state index contributed by atoms with van der Waals surface area (Å²) in [5.74, 6) is 0. The summed E-state index contributed by atoms with van der Waals surface area (Å²) in [6.07, 6.45) is 1.58. The molecule has 0 aliphatic carbocycles. The van der Waals surface area contributed by atoms with Gasteiger partial charge in [0.1, 0.15) is 0 Å². The van der Waals surface area contributed by atoms with E-state index < -0.39 is 14.9 Å². The fourth-order valence-corrected chi connectivity index (χ4v) is 2.96. The molecule has 18 heavy (non-hydrogen) atoms. The first-order valence-corrected chi connectivity index (χ1v) is 7.67. The molecule has 5 heteroatoms. The topological polar surface area (TPSA) is 70.5 Å². The van der Waals surface area contributed by atoms with E-state index in [9.17, 15) is 0 Å². The molecule has 1 rings (SSSR count). The fraction of sp³-hybridized carbons (Fsp3) is 0.538. The Morgan fingerprint density at radius 2 is 1.78 bits per heavy atom. The molecular weight excluding hydrogens is 244 g/mol. The van der Waals surface area contributed by atoms with E-state index >= 15 is 0 Å². The van der Waals surface area contributed by atoms with E-state index in [-0.39, 0.29) is 0 Å². The lowest BCUT2D eigenvalue weighted by Crippen LogP contribution is -2.46. The lowest BCUT2D eigenvalue weighted by Gasteiger charge is -2.26. The highest BCUT2D eigenvalue weighted by Gasteiger charge is 2.23. The second-order valence-electron chi connectivity index (χ2n) is 4.33. The van der Waals surface area contributed by atoms with Crippen LogP contribution < -0.4 is 11.5 Å². The molecule has 0 aliphatic rings. The first kappa shape index (κ1) is 15.3. The van der Waals surface area contributed by atoms with Gasteiger partial charge in [0.15, 0.2) is 0 Å². The summed E-state index contributed by atoms with van der Waals surface area (Å²) in [7, 11) is 2.20. The van der Waals surface area contributed by atoms with E-state index in [1.54, 1.807) is 14.2 Å². The van der Waals surface area contributed by atoms with Crippen molar-refractivity contribution in [1.29, 1.82) is 0 Å². The first-order valence-electron chi connectivity index (χ1n) is 6.15. The van der Waals surface area contributed by atoms with E-state index in [1.807, 2.05) is 25.1 Å². The highest BCUT2D eigenvalue weighted by Crippen LogP contribution is 2.22. The smallest absolute Gasteiger partial charge is 0.384 e. The third-order valence-corrected chi connectivity index (χ3v) is 4.73. The molecule has 0 spiro atoms. The highest BCUT2D eigenvalue weighted by atomic mass is 28.3. The van der Waals surface area contributed by atoms with Crippen molar-refractivity contribution < 1.29 is 8.85 Å². The zero-order valence-corrected chi connectivity index (χ0v) is 12.4. The number of nitrogens with two attached hydrogens (primary N) is 2. The summed E-state index contributed by atoms with van der Waals surface area (Å²) in [4.78, 5) is 0. The molecule has 0 atom stereocenters. The molecule has 1 radical (unpaired) electrons. The molecule has 0 heterocycles. The van der Waals surface area contributed by atoms with Gasteiger partial charge < -0.3 is 20.3 Å². The number of hydrogen-bond donors (Lipinski definition) is 2. The van der Waals surface area contributed by atoms with E-state index in [0.29, 0.717) is 6.42 Å². The van der Waals surface area contributed by atoms with Crippen molar-refractivity contribution in [2.24, 2.45) is 11.5 Å². The molecule has 4 nitrogen and oxygen atoms in total. The van der Waals surface area contributed by atoms with Crippen molar-refractivity contribution in [2.45, 2.75) is 31.5 Å². The zero-order chi connectivity index (χ0) is 13.6. The summed E-state index contributed by atoms with van der Waals surface area (Å²) in [5, 5.41) is 0. The maximum absolute atomic E-state index is 6.13. The molecule has 4 N–H and O–H groups in total. The van der Waals surface area contributed by atoms with Crippen LogP contribution in [0.25, 0.3) is 0 Å². The molecule has 0 bridgehead atoms. The second kappa shape index (κ2) is 7.01. The lowest BCUT2D eigenvalue weighted by atomic mass is 9.92. The van der Waals surface area contributed by atoms with Gasteiger partial charge >= 0.3 is 9.28 Å². The quantitative estimate of drug-likeness (QED) is 0.580. The van der Waals surface area contributed by atoms with Crippen LogP contribution in [0.1, 0.15) is 24.5 Å². The van der Waals surface area contributed by atoms with Crippen molar-refractivity contribution in [3.8, 4) is 0 Å². The van der Waals surface area contributed by atoms with Crippen LogP contribution in [0.15, 0.2) is 24.3 Å². The standard InChI is InChI=1S/C13H23N2O2Si/c1-4-13(14,15)12-8-6-5-7-11(12)9-10-18(16-2)17-3/h5-8H,4,9-10,14-15H2,1-3H3. The van der Waals surface area contributed by atoms with Gasteiger partial charge in [-0.05, 0) is 30.0 Å². The third-order valence-electron chi connectivity index (χ3n) is 3.16. The summed E-state index contributed by atoms with van der Waals surface area (Å²) < 4.78 is 10.6. The Hall–Kier alpha value is -0.723. The first-order chi connectivity index (χ1) is 8.55. The molecule has 0 aliphatic heterocycles. The minimum Gasteiger partial charge on any atom is -0.397 e. The number of benzene rings is 1. The normalized spacial score (nSPS) is 12.1. The van der Waals surface area contributed by atoms with Gasteiger partial charge in [0.25, 0.3) is 0 Å². The van der Waals surface area contributed by atoms with E-state index in [2.05, 4.69) is 6.07 Å². The monoisotopic (exact) mass is 267 g/mol. The van der Waals surface area contributed by atoms with Crippen molar-refractivity contribution in [3.05, 3.63) is 35.4 Å². The fourth-order valence-electron chi connectivity index (χ4n) is 1.91. The third kappa shape index (κ3) is 3.89. The van der Waals surface area contributed by atoms with Gasteiger partial charge in [0, 0.05) is 14.2 Å². The van der Waals surface area contributed by atoms with Crippen LogP contribution in [0.2, 0.25) is 6.04 Å². The van der Waals surface area contributed by atoms with Gasteiger partial charge in [-0.2, -0.15) is 0 Å². The van der Waals surface area contributed by atoms with Crippen LogP contribution in [0.3, 0.4) is 0 Å². The van der Waals surface area contributed by atoms with E-state index in [0.717, 1.165) is 18.0 Å². The summed E-state index contributed by atoms with van der Waals surface area (Å²) in [5.41, 5.74) is 13.7. The van der Waals surface area contributed by atoms with Gasteiger partial charge in [0.2, 0.25) is 0 Å². The van der Waals surface area contributed by atoms with Crippen LogP contribution >= 0.6 is 0 Å². The van der Waals surface area contributed by atoms with Crippen LogP contribution in [0.5, 0.6) is 0 Å². The molecule has 1 aromatic carbocycles. The van der Waals surface area contributed by atoms with Gasteiger partial charge in [-0.1, -0.05) is 31.2 Å². The average Bonchev–Trinajstić information content (AvgIpc) is 2.40. The van der Waals surface area contributed by atoms with Crippen LogP contribution in [0, 0.1) is 0 Å². The minimum atomic E-state index is -1.17. The predicted molar refractivity (Wildman–Crippen MR) is 75.1 cm³/mol. The van der Waals surface area contributed by atoms with Gasteiger partial charge in [-0.25, -0.2) is 0 Å². The Morgan fingerprint density at radius 1 is 1.17 bits per heavy atom. The van der Waals surface area contributed by atoms with Crippen LogP contribution in [0.4, 0.5) is 0 Å². The van der Waals surface area contributed by atoms with E-state index in [4.69, 9.17) is 20.3 Å². The molecule has 1 aromatic rings. The molecule has 0 amide bonds. The Balaban J connectivity index is 2.83. The molecule has 0 fully saturated rings. The van der Waals surface area contributed by atoms with Gasteiger partial charge in [-0.3, -0.25) is 0 Å². The Kier molecular flexibility index (Phi) is 5.97. The van der Waals surface area contributed by atoms with E-state index in [1.165, 1.54) is 5.56 Å². The Morgan fingerprint density at radius 3 is 2.33 bits per heavy atom. The SMILES string of the molecule is CCC(N)(N)c1ccccc1CC[Si](OC)OC. The van der Waals surface area contributed by atoms with Crippen LogP contribution in [-0.4, -0.2) is 23.5 Å². The van der Waals surface area contributed by atoms with Gasteiger partial charge in [-0.15, -0.1) is 0 Å². The molecule has 0 aromatic heterocycles. The molecule has 0 saturated heterocycles. The molecule has 0 saturated carbocycles. The van der Waals surface area contributed by atoms with Crippen molar-refractivity contribution >= 4 is 9.28 Å². The Labute approximate surface area is 111 Å². The van der Waals surface area contributed by atoms with Gasteiger partial charge in [0.05, 0.1) is 5.66 Å². The summed E-state index contributed by atoms with van der Waals surface area (Å²) >= 11 is 0. The highest BCUT2D eigenvalue weighted by molar-refractivity contribution is 6.44. The molecular formula is C13H23N2O2Si. The minimum absolute atomic E-state index is 0.705. The summed E-state index contributed by atoms with van der Waals surface area (Å²) in [6.45, 7) is 2.00. The number of aryl methyl sites for hydroxylation is 1. The predicted octanol–water partition coefficient (Wildman–Crippen LogP) is 1.49. The number of hydrogen-bond acceptors (Lipinski definition) is 4. The Bertz CT molecular complexity index is 368. The van der Waals surface area contributed by atoms with Crippen LogP contribution in [-0.2, 0) is 20.9 Å². The average molecular weight is 267 g/mol.